The van der Waals surface area contributed by atoms with Crippen LogP contribution in [0.3, 0.4) is 0 Å². The fourth-order valence-corrected chi connectivity index (χ4v) is 3.75. The van der Waals surface area contributed by atoms with Gasteiger partial charge in [-0.05, 0) is 54.3 Å². The molecule has 2 heterocycles. The predicted octanol–water partition coefficient (Wildman–Crippen LogP) is 1.74. The number of ether oxygens (including phenoxy) is 1. The van der Waals surface area contributed by atoms with E-state index < -0.39 is 5.41 Å². The Morgan fingerprint density at radius 1 is 1.37 bits per heavy atom. The highest BCUT2D eigenvalue weighted by Gasteiger charge is 2.44. The first-order valence-electron chi connectivity index (χ1n) is 8.92. The Hall–Kier alpha value is -2.48. The summed E-state index contributed by atoms with van der Waals surface area (Å²) in [4.78, 5) is 27.2. The third-order valence-corrected chi connectivity index (χ3v) is 4.99. The predicted molar refractivity (Wildman–Crippen MR) is 97.9 cm³/mol. The minimum absolute atomic E-state index is 0.0447. The summed E-state index contributed by atoms with van der Waals surface area (Å²) in [6.07, 6.45) is 3.25. The van der Waals surface area contributed by atoms with Gasteiger partial charge in [0.25, 0.3) is 0 Å². The third kappa shape index (κ3) is 4.63. The minimum Gasteiger partial charge on any atom is -0.466 e. The Balaban J connectivity index is 1.81. The highest BCUT2D eigenvalue weighted by atomic mass is 35.5. The molecule has 0 aliphatic carbocycles. The molecular formula is C18H22ClN5O3. The van der Waals surface area contributed by atoms with Gasteiger partial charge in [-0.1, -0.05) is 23.7 Å². The summed E-state index contributed by atoms with van der Waals surface area (Å²) in [6.45, 7) is 3.03. The Labute approximate surface area is 162 Å². The minimum atomic E-state index is -0.783. The maximum absolute atomic E-state index is 12.9. The van der Waals surface area contributed by atoms with Crippen LogP contribution < -0.4 is 0 Å². The number of esters is 1. The molecule has 0 N–H and O–H groups in total. The van der Waals surface area contributed by atoms with E-state index in [9.17, 15) is 9.59 Å². The number of halogens is 1. The second kappa shape index (κ2) is 8.47. The average molecular weight is 392 g/mol. The zero-order valence-electron chi connectivity index (χ0n) is 15.2. The number of likely N-dealkylation sites (tertiary alicyclic amines) is 1. The number of piperidine rings is 1. The largest absolute Gasteiger partial charge is 0.466 e. The van der Waals surface area contributed by atoms with Crippen molar-refractivity contribution in [1.29, 1.82) is 0 Å². The van der Waals surface area contributed by atoms with Crippen LogP contribution in [0, 0.1) is 5.41 Å². The lowest BCUT2D eigenvalue weighted by molar-refractivity contribution is -0.161. The number of hydrogen-bond acceptors (Lipinski definition) is 6. The van der Waals surface area contributed by atoms with Crippen LogP contribution in [0.5, 0.6) is 0 Å². The second-order valence-electron chi connectivity index (χ2n) is 6.73. The average Bonchev–Trinajstić information content (AvgIpc) is 3.15. The first-order chi connectivity index (χ1) is 13.0. The van der Waals surface area contributed by atoms with Gasteiger partial charge in [0, 0.05) is 18.1 Å². The fourth-order valence-electron chi connectivity index (χ4n) is 3.54. The van der Waals surface area contributed by atoms with Crippen LogP contribution in [0.2, 0.25) is 5.02 Å². The molecule has 0 spiro atoms. The van der Waals surface area contributed by atoms with Crippen LogP contribution in [-0.2, 0) is 27.3 Å². The number of tetrazole rings is 1. The summed E-state index contributed by atoms with van der Waals surface area (Å²) in [5.74, 6) is -0.397. The molecule has 1 saturated heterocycles. The van der Waals surface area contributed by atoms with Crippen LogP contribution in [0.1, 0.15) is 25.3 Å². The molecule has 0 saturated carbocycles. The molecule has 1 aliphatic heterocycles. The van der Waals surface area contributed by atoms with Gasteiger partial charge in [0.05, 0.1) is 12.0 Å². The van der Waals surface area contributed by atoms with Crippen LogP contribution in [0.15, 0.2) is 30.6 Å². The third-order valence-electron chi connectivity index (χ3n) is 4.76. The van der Waals surface area contributed by atoms with E-state index in [0.29, 0.717) is 37.6 Å². The monoisotopic (exact) mass is 391 g/mol. The first-order valence-corrected chi connectivity index (χ1v) is 9.30. The zero-order valence-corrected chi connectivity index (χ0v) is 15.9. The first kappa shape index (κ1) is 19.3. The van der Waals surface area contributed by atoms with Gasteiger partial charge in [0.1, 0.15) is 12.9 Å². The molecule has 1 aliphatic rings. The summed E-state index contributed by atoms with van der Waals surface area (Å²) in [5, 5.41) is 11.4. The van der Waals surface area contributed by atoms with Gasteiger partial charge in [0.2, 0.25) is 5.91 Å². The molecule has 0 radical (unpaired) electrons. The highest BCUT2D eigenvalue weighted by molar-refractivity contribution is 6.30. The summed E-state index contributed by atoms with van der Waals surface area (Å²) in [6, 6.07) is 7.45. The van der Waals surface area contributed by atoms with Gasteiger partial charge in [0.15, 0.2) is 0 Å². The summed E-state index contributed by atoms with van der Waals surface area (Å²) < 4.78 is 6.75. The summed E-state index contributed by atoms with van der Waals surface area (Å²) in [5.41, 5.74) is 0.167. The number of rotatable bonds is 6. The molecule has 0 bridgehead atoms. The van der Waals surface area contributed by atoms with E-state index in [4.69, 9.17) is 16.3 Å². The van der Waals surface area contributed by atoms with Crippen molar-refractivity contribution in [3.05, 3.63) is 41.2 Å². The van der Waals surface area contributed by atoms with Crippen LogP contribution >= 0.6 is 11.6 Å². The molecule has 144 valence electrons. The second-order valence-corrected chi connectivity index (χ2v) is 7.17. The molecule has 1 fully saturated rings. The summed E-state index contributed by atoms with van der Waals surface area (Å²) >= 11 is 6.11. The maximum Gasteiger partial charge on any atom is 0.314 e. The molecule has 1 amide bonds. The van der Waals surface area contributed by atoms with E-state index in [1.54, 1.807) is 17.9 Å². The molecule has 1 atom stereocenters. The summed E-state index contributed by atoms with van der Waals surface area (Å²) in [7, 11) is 0. The number of nitrogens with zero attached hydrogens (tertiary/aromatic N) is 5. The van der Waals surface area contributed by atoms with Crippen molar-refractivity contribution in [3.63, 3.8) is 0 Å². The molecule has 1 aromatic heterocycles. The van der Waals surface area contributed by atoms with E-state index in [2.05, 4.69) is 15.5 Å². The number of aromatic nitrogens is 4. The Bertz CT molecular complexity index is 798. The van der Waals surface area contributed by atoms with E-state index in [1.807, 2.05) is 18.2 Å². The van der Waals surface area contributed by atoms with Crippen LogP contribution in [0.4, 0.5) is 0 Å². The van der Waals surface area contributed by atoms with Gasteiger partial charge >= 0.3 is 5.97 Å². The molecule has 0 unspecified atom stereocenters. The fraction of sp³-hybridized carbons (Fsp3) is 0.500. The standard InChI is InChI=1S/C18H22ClN5O3/c1-2-27-17(26)18(10-14-5-3-6-15(19)9-14)7-4-8-23(12-18)16(25)11-24-13-20-21-22-24/h3,5-6,9,13H,2,4,7-8,10-12H2,1H3/t18-/m0/s1. The smallest absolute Gasteiger partial charge is 0.314 e. The van der Waals surface area contributed by atoms with Crippen molar-refractivity contribution in [1.82, 2.24) is 25.1 Å². The maximum atomic E-state index is 12.9. The highest BCUT2D eigenvalue weighted by Crippen LogP contribution is 2.36. The normalized spacial score (nSPS) is 19.7. The molecule has 8 nitrogen and oxygen atoms in total. The lowest BCUT2D eigenvalue weighted by Gasteiger charge is -2.41. The van der Waals surface area contributed by atoms with Gasteiger partial charge in [-0.3, -0.25) is 9.59 Å². The molecular weight excluding hydrogens is 370 g/mol. The number of benzene rings is 1. The van der Waals surface area contributed by atoms with E-state index >= 15 is 0 Å². The SMILES string of the molecule is CCOC(=O)[C@]1(Cc2cccc(Cl)c2)CCCN(C(=O)Cn2cnnn2)C1. The van der Waals surface area contributed by atoms with Crippen LogP contribution in [0.25, 0.3) is 0 Å². The lowest BCUT2D eigenvalue weighted by atomic mass is 9.75. The molecule has 27 heavy (non-hydrogen) atoms. The molecule has 2 aromatic rings. The molecule has 1 aromatic carbocycles. The van der Waals surface area contributed by atoms with Gasteiger partial charge in [-0.25, -0.2) is 4.68 Å². The number of hydrogen-bond donors (Lipinski definition) is 0. The van der Waals surface area contributed by atoms with Crippen molar-refractivity contribution in [3.8, 4) is 0 Å². The Morgan fingerprint density at radius 3 is 2.93 bits per heavy atom. The van der Waals surface area contributed by atoms with Crippen LogP contribution in [-0.4, -0.2) is 56.7 Å². The van der Waals surface area contributed by atoms with Gasteiger partial charge in [-0.15, -0.1) is 5.10 Å². The van der Waals surface area contributed by atoms with Crippen molar-refractivity contribution < 1.29 is 14.3 Å². The van der Waals surface area contributed by atoms with E-state index in [0.717, 1.165) is 12.0 Å². The molecule has 3 rings (SSSR count). The topological polar surface area (TPSA) is 90.2 Å². The van der Waals surface area contributed by atoms with Crippen molar-refractivity contribution in [2.45, 2.75) is 32.7 Å². The number of carbonyl (C=O) groups excluding carboxylic acids is 2. The lowest BCUT2D eigenvalue weighted by Crippen LogP contribution is -2.52. The molecule has 9 heteroatoms. The zero-order chi connectivity index (χ0) is 19.3. The van der Waals surface area contributed by atoms with E-state index in [-0.39, 0.29) is 18.4 Å². The Kier molecular flexibility index (Phi) is 6.05. The number of amides is 1. The quantitative estimate of drug-likeness (QED) is 0.697. The van der Waals surface area contributed by atoms with E-state index in [1.165, 1.54) is 11.0 Å². The van der Waals surface area contributed by atoms with Crippen molar-refractivity contribution >= 4 is 23.5 Å². The van der Waals surface area contributed by atoms with Gasteiger partial charge < -0.3 is 9.64 Å². The Morgan fingerprint density at radius 2 is 2.22 bits per heavy atom. The van der Waals surface area contributed by atoms with Crippen molar-refractivity contribution in [2.24, 2.45) is 5.41 Å². The van der Waals surface area contributed by atoms with Crippen molar-refractivity contribution in [2.75, 3.05) is 19.7 Å². The number of carbonyl (C=O) groups is 2. The van der Waals surface area contributed by atoms with Gasteiger partial charge in [-0.2, -0.15) is 0 Å².